The first-order valence-electron chi connectivity index (χ1n) is 5.85. The maximum atomic E-state index is 11.3. The van der Waals surface area contributed by atoms with Gasteiger partial charge in [-0.25, -0.2) is 14.8 Å². The molecule has 0 saturated heterocycles. The average Bonchev–Trinajstić information content (AvgIpc) is 2.46. The van der Waals surface area contributed by atoms with Crippen molar-refractivity contribution < 1.29 is 14.6 Å². The Morgan fingerprint density at radius 3 is 2.76 bits per heavy atom. The molecule has 0 radical (unpaired) electrons. The second kappa shape index (κ2) is 5.80. The summed E-state index contributed by atoms with van der Waals surface area (Å²) in [5.74, 6) is -0.561. The lowest BCUT2D eigenvalue weighted by Crippen LogP contribution is -2.10. The molecule has 0 aliphatic rings. The number of carboxylic acids is 1. The molecule has 0 atom stereocenters. The molecule has 6 nitrogen and oxygen atoms in total. The zero-order chi connectivity index (χ0) is 15.6. The first-order valence-corrected chi connectivity index (χ1v) is 6.23. The molecule has 0 unspecified atom stereocenters. The van der Waals surface area contributed by atoms with Crippen LogP contribution in [-0.4, -0.2) is 28.2 Å². The third-order valence-corrected chi connectivity index (χ3v) is 3.10. The Balaban J connectivity index is 2.65. The molecule has 1 aromatic carbocycles. The molecular weight excluding hydrogens is 294 g/mol. The number of aromatic nitrogens is 2. The van der Waals surface area contributed by atoms with Crippen LogP contribution in [0.2, 0.25) is 5.02 Å². The van der Waals surface area contributed by atoms with Gasteiger partial charge >= 0.3 is 5.97 Å². The minimum absolute atomic E-state index is 0.0429. The Bertz CT molecular complexity index is 732. The normalized spacial score (nSPS) is 10.2. The molecule has 21 heavy (non-hydrogen) atoms. The SMILES string of the molecule is C=Cc1c(N)nc(-c2ccc(Cl)c(OC)c2)nc1C(=O)O. The summed E-state index contributed by atoms with van der Waals surface area (Å²) >= 11 is 5.95. The van der Waals surface area contributed by atoms with Gasteiger partial charge in [-0.2, -0.15) is 0 Å². The van der Waals surface area contributed by atoms with Gasteiger partial charge in [0.25, 0.3) is 0 Å². The standard InChI is InChI=1S/C14H12ClN3O3/c1-3-8-11(14(19)20)17-13(18-12(8)16)7-4-5-9(15)10(6-7)21-2/h3-6H,1H2,2H3,(H,19,20)(H2,16,17,18). The van der Waals surface area contributed by atoms with Gasteiger partial charge in [0, 0.05) is 11.1 Å². The van der Waals surface area contributed by atoms with Crippen LogP contribution in [0.25, 0.3) is 17.5 Å². The fourth-order valence-electron chi connectivity index (χ4n) is 1.78. The van der Waals surface area contributed by atoms with E-state index in [4.69, 9.17) is 22.1 Å². The minimum atomic E-state index is -1.21. The van der Waals surface area contributed by atoms with E-state index in [2.05, 4.69) is 16.5 Å². The van der Waals surface area contributed by atoms with Gasteiger partial charge in [-0.05, 0) is 18.2 Å². The molecule has 2 aromatic rings. The van der Waals surface area contributed by atoms with Crippen LogP contribution in [0, 0.1) is 0 Å². The lowest BCUT2D eigenvalue weighted by Gasteiger charge is -2.09. The number of nitrogen functional groups attached to an aromatic ring is 1. The molecule has 1 heterocycles. The van der Waals surface area contributed by atoms with Crippen LogP contribution >= 0.6 is 11.6 Å². The Hall–Kier alpha value is -2.60. The second-order valence-corrected chi connectivity index (χ2v) is 4.46. The predicted octanol–water partition coefficient (Wildman–Crippen LogP) is 2.73. The summed E-state index contributed by atoms with van der Waals surface area (Å²) in [6, 6.07) is 4.87. The van der Waals surface area contributed by atoms with Crippen molar-refractivity contribution >= 4 is 29.5 Å². The average molecular weight is 306 g/mol. The van der Waals surface area contributed by atoms with Crippen LogP contribution in [-0.2, 0) is 0 Å². The monoisotopic (exact) mass is 305 g/mol. The van der Waals surface area contributed by atoms with Gasteiger partial charge in [-0.1, -0.05) is 24.3 Å². The Kier molecular flexibility index (Phi) is 4.09. The number of aromatic carboxylic acids is 1. The van der Waals surface area contributed by atoms with Crippen LogP contribution in [0.3, 0.4) is 0 Å². The molecule has 3 N–H and O–H groups in total. The summed E-state index contributed by atoms with van der Waals surface area (Å²) < 4.78 is 5.11. The second-order valence-electron chi connectivity index (χ2n) is 4.05. The third-order valence-electron chi connectivity index (χ3n) is 2.79. The zero-order valence-corrected chi connectivity index (χ0v) is 11.9. The number of nitrogens with two attached hydrogens (primary N) is 1. The van der Waals surface area contributed by atoms with Crippen molar-refractivity contribution in [2.24, 2.45) is 0 Å². The Morgan fingerprint density at radius 2 is 2.19 bits per heavy atom. The summed E-state index contributed by atoms with van der Waals surface area (Å²) in [4.78, 5) is 19.4. The number of hydrogen-bond donors (Lipinski definition) is 2. The molecule has 0 fully saturated rings. The lowest BCUT2D eigenvalue weighted by atomic mass is 10.1. The summed E-state index contributed by atoms with van der Waals surface area (Å²) in [7, 11) is 1.48. The highest BCUT2D eigenvalue weighted by Gasteiger charge is 2.17. The van der Waals surface area contributed by atoms with Crippen LogP contribution in [0.5, 0.6) is 5.75 Å². The minimum Gasteiger partial charge on any atom is -0.495 e. The van der Waals surface area contributed by atoms with Crippen LogP contribution < -0.4 is 10.5 Å². The molecule has 0 bridgehead atoms. The number of methoxy groups -OCH3 is 1. The van der Waals surface area contributed by atoms with E-state index in [0.717, 1.165) is 0 Å². The number of carbonyl (C=O) groups is 1. The van der Waals surface area contributed by atoms with Gasteiger partial charge in [-0.15, -0.1) is 0 Å². The number of ether oxygens (including phenoxy) is 1. The van der Waals surface area contributed by atoms with Gasteiger partial charge in [0.05, 0.1) is 12.1 Å². The topological polar surface area (TPSA) is 98.3 Å². The largest absolute Gasteiger partial charge is 0.495 e. The molecular formula is C14H12ClN3O3. The number of hydrogen-bond acceptors (Lipinski definition) is 5. The van der Waals surface area contributed by atoms with Crippen LogP contribution in [0.4, 0.5) is 5.82 Å². The van der Waals surface area contributed by atoms with Crippen LogP contribution in [0.15, 0.2) is 24.8 Å². The maximum absolute atomic E-state index is 11.3. The fourth-order valence-corrected chi connectivity index (χ4v) is 1.97. The molecule has 0 aliphatic heterocycles. The molecule has 2 rings (SSSR count). The molecule has 108 valence electrons. The quantitative estimate of drug-likeness (QED) is 0.901. The number of rotatable bonds is 4. The van der Waals surface area contributed by atoms with Gasteiger partial charge < -0.3 is 15.6 Å². The van der Waals surface area contributed by atoms with E-state index in [-0.39, 0.29) is 22.9 Å². The van der Waals surface area contributed by atoms with Crippen LogP contribution in [0.1, 0.15) is 16.1 Å². The molecule has 0 amide bonds. The van der Waals surface area contributed by atoms with Crippen molar-refractivity contribution in [1.29, 1.82) is 0 Å². The summed E-state index contributed by atoms with van der Waals surface area (Å²) in [5.41, 5.74) is 6.29. The number of benzene rings is 1. The number of carboxylic acid groups (broad SMARTS) is 1. The zero-order valence-electron chi connectivity index (χ0n) is 11.1. The maximum Gasteiger partial charge on any atom is 0.355 e. The van der Waals surface area contributed by atoms with E-state index >= 15 is 0 Å². The summed E-state index contributed by atoms with van der Waals surface area (Å²) in [6.45, 7) is 3.52. The molecule has 7 heteroatoms. The smallest absolute Gasteiger partial charge is 0.355 e. The van der Waals surface area contributed by atoms with Crippen molar-refractivity contribution in [3.8, 4) is 17.1 Å². The molecule has 1 aromatic heterocycles. The predicted molar refractivity (Wildman–Crippen MR) is 80.5 cm³/mol. The van der Waals surface area contributed by atoms with Crippen molar-refractivity contribution in [1.82, 2.24) is 9.97 Å². The number of nitrogens with zero attached hydrogens (tertiary/aromatic N) is 2. The van der Waals surface area contributed by atoms with Crippen molar-refractivity contribution in [2.45, 2.75) is 0 Å². The highest BCUT2D eigenvalue weighted by atomic mass is 35.5. The lowest BCUT2D eigenvalue weighted by molar-refractivity contribution is 0.0690. The van der Waals surface area contributed by atoms with E-state index in [1.165, 1.54) is 13.2 Å². The first-order chi connectivity index (χ1) is 9.97. The van der Waals surface area contributed by atoms with E-state index in [1.54, 1.807) is 18.2 Å². The molecule has 0 aliphatic carbocycles. The van der Waals surface area contributed by atoms with E-state index in [9.17, 15) is 9.90 Å². The van der Waals surface area contributed by atoms with Crippen molar-refractivity contribution in [3.63, 3.8) is 0 Å². The first kappa shape index (κ1) is 14.8. The van der Waals surface area contributed by atoms with E-state index < -0.39 is 5.97 Å². The van der Waals surface area contributed by atoms with Gasteiger partial charge in [-0.3, -0.25) is 0 Å². The summed E-state index contributed by atoms with van der Waals surface area (Å²) in [5, 5.41) is 9.62. The fraction of sp³-hybridized carbons (Fsp3) is 0.0714. The van der Waals surface area contributed by atoms with Gasteiger partial charge in [0.15, 0.2) is 11.5 Å². The molecule has 0 spiro atoms. The highest BCUT2D eigenvalue weighted by Crippen LogP contribution is 2.30. The number of anilines is 1. The van der Waals surface area contributed by atoms with Crippen molar-refractivity contribution in [3.05, 3.63) is 41.1 Å². The number of halogens is 1. The van der Waals surface area contributed by atoms with E-state index in [1.807, 2.05) is 0 Å². The van der Waals surface area contributed by atoms with Gasteiger partial charge in [0.1, 0.15) is 11.6 Å². The van der Waals surface area contributed by atoms with Crippen molar-refractivity contribution in [2.75, 3.05) is 12.8 Å². The third kappa shape index (κ3) is 2.80. The summed E-state index contributed by atoms with van der Waals surface area (Å²) in [6.07, 6.45) is 1.31. The molecule has 0 saturated carbocycles. The van der Waals surface area contributed by atoms with Gasteiger partial charge in [0.2, 0.25) is 0 Å². The van der Waals surface area contributed by atoms with E-state index in [0.29, 0.717) is 16.3 Å². The highest BCUT2D eigenvalue weighted by molar-refractivity contribution is 6.32. The Labute approximate surface area is 125 Å². The Morgan fingerprint density at radius 1 is 1.48 bits per heavy atom.